The van der Waals surface area contributed by atoms with E-state index < -0.39 is 0 Å². The quantitative estimate of drug-likeness (QED) is 0.755. The molecule has 0 saturated carbocycles. The van der Waals surface area contributed by atoms with Crippen molar-refractivity contribution in [3.05, 3.63) is 58.3 Å². The Morgan fingerprint density at radius 3 is 2.66 bits per heavy atom. The molecule has 2 saturated heterocycles. The SMILES string of the molecule is CN1CC(C(=O)N(C)Cc2ccccc2)OC2(CCN(Cc3ccsc3)CC2)C1. The minimum atomic E-state index is -0.383. The van der Waals surface area contributed by atoms with E-state index >= 15 is 0 Å². The molecule has 3 heterocycles. The molecule has 0 radical (unpaired) electrons. The number of thiophene rings is 1. The van der Waals surface area contributed by atoms with Crippen LogP contribution in [0.1, 0.15) is 24.0 Å². The number of nitrogens with zero attached hydrogens (tertiary/aromatic N) is 3. The normalized spacial score (nSPS) is 22.6. The average molecular weight is 414 g/mol. The molecule has 156 valence electrons. The number of likely N-dealkylation sites (tertiary alicyclic amines) is 1. The number of rotatable bonds is 5. The van der Waals surface area contributed by atoms with Crippen LogP contribution < -0.4 is 0 Å². The van der Waals surface area contributed by atoms with Crippen LogP contribution in [0.2, 0.25) is 0 Å². The zero-order valence-electron chi connectivity index (χ0n) is 17.4. The van der Waals surface area contributed by atoms with Crippen LogP contribution in [0.4, 0.5) is 0 Å². The zero-order chi connectivity index (χ0) is 20.3. The van der Waals surface area contributed by atoms with Crippen LogP contribution in [-0.2, 0) is 22.6 Å². The molecule has 6 heteroatoms. The molecule has 0 aliphatic carbocycles. The molecule has 1 aromatic heterocycles. The minimum absolute atomic E-state index is 0.0838. The predicted octanol–water partition coefficient (Wildman–Crippen LogP) is 3.07. The Kier molecular flexibility index (Phi) is 6.35. The number of ether oxygens (including phenoxy) is 1. The van der Waals surface area contributed by atoms with Crippen LogP contribution in [0, 0.1) is 0 Å². The van der Waals surface area contributed by atoms with Crippen molar-refractivity contribution < 1.29 is 9.53 Å². The Morgan fingerprint density at radius 2 is 1.97 bits per heavy atom. The van der Waals surface area contributed by atoms with Gasteiger partial charge in [0.25, 0.3) is 5.91 Å². The number of piperidine rings is 1. The van der Waals surface area contributed by atoms with Gasteiger partial charge in [0, 0.05) is 46.3 Å². The number of carbonyl (C=O) groups excluding carboxylic acids is 1. The maximum absolute atomic E-state index is 13.1. The Balaban J connectivity index is 1.36. The van der Waals surface area contributed by atoms with E-state index in [2.05, 4.69) is 45.8 Å². The second-order valence-corrected chi connectivity index (χ2v) is 9.35. The van der Waals surface area contributed by atoms with E-state index in [0.717, 1.165) is 44.6 Å². The summed E-state index contributed by atoms with van der Waals surface area (Å²) < 4.78 is 6.53. The van der Waals surface area contributed by atoms with Crippen molar-refractivity contribution in [2.45, 2.75) is 37.6 Å². The molecule has 1 unspecified atom stereocenters. The van der Waals surface area contributed by atoms with Crippen molar-refractivity contribution in [3.8, 4) is 0 Å². The lowest BCUT2D eigenvalue weighted by Gasteiger charge is -2.49. The number of hydrogen-bond donors (Lipinski definition) is 0. The molecule has 1 aromatic carbocycles. The summed E-state index contributed by atoms with van der Waals surface area (Å²) in [7, 11) is 3.99. The van der Waals surface area contributed by atoms with Gasteiger partial charge in [-0.05, 0) is 47.8 Å². The first-order valence-electron chi connectivity index (χ1n) is 10.4. The van der Waals surface area contributed by atoms with Crippen molar-refractivity contribution in [3.63, 3.8) is 0 Å². The summed E-state index contributed by atoms with van der Waals surface area (Å²) in [6.45, 7) is 5.24. The summed E-state index contributed by atoms with van der Waals surface area (Å²) in [6, 6.07) is 12.3. The highest BCUT2D eigenvalue weighted by molar-refractivity contribution is 7.07. The molecule has 2 aliphatic heterocycles. The highest BCUT2D eigenvalue weighted by Gasteiger charge is 2.44. The van der Waals surface area contributed by atoms with Crippen LogP contribution in [0.15, 0.2) is 47.2 Å². The summed E-state index contributed by atoms with van der Waals surface area (Å²) in [5.41, 5.74) is 2.33. The fraction of sp³-hybridized carbons (Fsp3) is 0.522. The third-order valence-electron chi connectivity index (χ3n) is 6.10. The summed E-state index contributed by atoms with van der Waals surface area (Å²) >= 11 is 1.76. The molecule has 0 N–H and O–H groups in total. The molecule has 2 aliphatic rings. The van der Waals surface area contributed by atoms with Gasteiger partial charge in [0.05, 0.1) is 5.60 Å². The maximum atomic E-state index is 13.1. The summed E-state index contributed by atoms with van der Waals surface area (Å²) in [5.74, 6) is 0.0838. The van der Waals surface area contributed by atoms with Crippen LogP contribution in [0.3, 0.4) is 0 Å². The van der Waals surface area contributed by atoms with Crippen LogP contribution in [-0.4, -0.2) is 72.6 Å². The molecular weight excluding hydrogens is 382 g/mol. The van der Waals surface area contributed by atoms with Crippen molar-refractivity contribution in [2.75, 3.05) is 40.3 Å². The topological polar surface area (TPSA) is 36.0 Å². The standard InChI is InChI=1S/C23H31N3O2S/c1-24-16-21(22(27)25(2)14-19-6-4-3-5-7-19)28-23(18-24)9-11-26(12-10-23)15-20-8-13-29-17-20/h3-8,13,17,21H,9-12,14-16,18H2,1-2H3. The van der Waals surface area contributed by atoms with Gasteiger partial charge in [-0.15, -0.1) is 0 Å². The fourth-order valence-corrected chi connectivity index (χ4v) is 5.22. The minimum Gasteiger partial charge on any atom is -0.359 e. The first-order chi connectivity index (χ1) is 14.0. The van der Waals surface area contributed by atoms with Gasteiger partial charge in [-0.3, -0.25) is 9.69 Å². The molecule has 0 bridgehead atoms. The highest BCUT2D eigenvalue weighted by Crippen LogP contribution is 2.33. The monoisotopic (exact) mass is 413 g/mol. The fourth-order valence-electron chi connectivity index (χ4n) is 4.56. The van der Waals surface area contributed by atoms with E-state index in [1.165, 1.54) is 5.56 Å². The van der Waals surface area contributed by atoms with Crippen LogP contribution >= 0.6 is 11.3 Å². The van der Waals surface area contributed by atoms with Gasteiger partial charge >= 0.3 is 0 Å². The number of likely N-dealkylation sites (N-methyl/N-ethyl adjacent to an activating group) is 2. The van der Waals surface area contributed by atoms with E-state index in [9.17, 15) is 4.79 Å². The third kappa shape index (κ3) is 5.07. The third-order valence-corrected chi connectivity index (χ3v) is 6.83. The second kappa shape index (κ2) is 8.96. The van der Waals surface area contributed by atoms with Crippen molar-refractivity contribution in [1.82, 2.24) is 14.7 Å². The first kappa shape index (κ1) is 20.5. The lowest BCUT2D eigenvalue weighted by atomic mass is 9.88. The molecule has 5 nitrogen and oxygen atoms in total. The van der Waals surface area contributed by atoms with Crippen molar-refractivity contribution in [2.24, 2.45) is 0 Å². The average Bonchev–Trinajstić information content (AvgIpc) is 3.23. The Hall–Kier alpha value is -1.73. The molecule has 4 rings (SSSR count). The Morgan fingerprint density at radius 1 is 1.21 bits per heavy atom. The van der Waals surface area contributed by atoms with Gasteiger partial charge in [-0.1, -0.05) is 30.3 Å². The summed E-state index contributed by atoms with van der Waals surface area (Å²) in [4.78, 5) is 19.7. The second-order valence-electron chi connectivity index (χ2n) is 8.57. The number of amides is 1. The number of carbonyl (C=O) groups is 1. The zero-order valence-corrected chi connectivity index (χ0v) is 18.2. The Labute approximate surface area is 177 Å². The van der Waals surface area contributed by atoms with Gasteiger partial charge in [0.15, 0.2) is 0 Å². The lowest BCUT2D eigenvalue weighted by molar-refractivity contribution is -0.188. The summed E-state index contributed by atoms with van der Waals surface area (Å²) in [5, 5.41) is 4.37. The van der Waals surface area contributed by atoms with Gasteiger partial charge in [-0.25, -0.2) is 0 Å². The van der Waals surface area contributed by atoms with Crippen molar-refractivity contribution in [1.29, 1.82) is 0 Å². The maximum Gasteiger partial charge on any atom is 0.253 e. The highest BCUT2D eigenvalue weighted by atomic mass is 32.1. The number of morpholine rings is 1. The van der Waals surface area contributed by atoms with Crippen LogP contribution in [0.25, 0.3) is 0 Å². The van der Waals surface area contributed by atoms with Crippen molar-refractivity contribution >= 4 is 17.2 Å². The molecule has 1 spiro atoms. The first-order valence-corrected chi connectivity index (χ1v) is 11.4. The van der Waals surface area contributed by atoms with Gasteiger partial charge in [-0.2, -0.15) is 11.3 Å². The Bertz CT molecular complexity index is 788. The molecule has 2 fully saturated rings. The molecular formula is C23H31N3O2S. The molecule has 2 aromatic rings. The van der Waals surface area contributed by atoms with Gasteiger partial charge < -0.3 is 14.5 Å². The van der Waals surface area contributed by atoms with E-state index in [4.69, 9.17) is 4.74 Å². The van der Waals surface area contributed by atoms with E-state index in [1.807, 2.05) is 25.2 Å². The molecule has 1 amide bonds. The van der Waals surface area contributed by atoms with Crippen LogP contribution in [0.5, 0.6) is 0 Å². The smallest absolute Gasteiger partial charge is 0.253 e. The van der Waals surface area contributed by atoms with E-state index in [-0.39, 0.29) is 17.6 Å². The summed E-state index contributed by atoms with van der Waals surface area (Å²) in [6.07, 6.45) is 1.58. The van der Waals surface area contributed by atoms with E-state index in [1.54, 1.807) is 16.2 Å². The lowest BCUT2D eigenvalue weighted by Crippen LogP contribution is -2.61. The van der Waals surface area contributed by atoms with Gasteiger partial charge in [0.2, 0.25) is 0 Å². The molecule has 29 heavy (non-hydrogen) atoms. The van der Waals surface area contributed by atoms with E-state index in [0.29, 0.717) is 13.1 Å². The van der Waals surface area contributed by atoms with Gasteiger partial charge in [0.1, 0.15) is 6.10 Å². The molecule has 1 atom stereocenters. The predicted molar refractivity (Wildman–Crippen MR) is 117 cm³/mol. The number of benzene rings is 1. The largest absolute Gasteiger partial charge is 0.359 e. The number of hydrogen-bond acceptors (Lipinski definition) is 5.